The van der Waals surface area contributed by atoms with E-state index in [2.05, 4.69) is 20.2 Å². The molecule has 0 aliphatic carbocycles. The number of hydrogen-bond acceptors (Lipinski definition) is 5. The monoisotopic (exact) mass is 309 g/mol. The Bertz CT molecular complexity index is 696. The van der Waals surface area contributed by atoms with Crippen LogP contribution in [-0.4, -0.2) is 36.8 Å². The molecule has 0 unspecified atom stereocenters. The highest BCUT2D eigenvalue weighted by Crippen LogP contribution is 2.14. The van der Waals surface area contributed by atoms with Gasteiger partial charge in [-0.1, -0.05) is 18.2 Å². The Hall–Kier alpha value is -1.77. The Labute approximate surface area is 124 Å². The van der Waals surface area contributed by atoms with E-state index in [1.54, 1.807) is 36.1 Å². The van der Waals surface area contributed by atoms with E-state index in [0.717, 1.165) is 11.4 Å². The zero-order valence-corrected chi connectivity index (χ0v) is 12.9. The molecule has 0 bridgehead atoms. The molecule has 0 fully saturated rings. The van der Waals surface area contributed by atoms with Gasteiger partial charge >= 0.3 is 0 Å². The summed E-state index contributed by atoms with van der Waals surface area (Å²) >= 11 is 0. The molecular formula is C13H19N5O2S. The van der Waals surface area contributed by atoms with E-state index >= 15 is 0 Å². The van der Waals surface area contributed by atoms with Gasteiger partial charge in [-0.3, -0.25) is 0 Å². The number of rotatable bonds is 7. The van der Waals surface area contributed by atoms with Crippen molar-refractivity contribution < 1.29 is 8.42 Å². The Morgan fingerprint density at radius 3 is 2.71 bits per heavy atom. The van der Waals surface area contributed by atoms with Gasteiger partial charge in [-0.05, 0) is 18.7 Å². The molecule has 0 atom stereocenters. The summed E-state index contributed by atoms with van der Waals surface area (Å²) in [7, 11) is 0.0814. The van der Waals surface area contributed by atoms with Gasteiger partial charge in [0.15, 0.2) is 0 Å². The highest BCUT2D eigenvalue weighted by atomic mass is 32.2. The minimum absolute atomic E-state index is 0.281. The van der Waals surface area contributed by atoms with Crippen LogP contribution < -0.4 is 10.0 Å². The molecule has 0 aliphatic heterocycles. The predicted octanol–water partition coefficient (Wildman–Crippen LogP) is 0.0555. The zero-order valence-electron chi connectivity index (χ0n) is 12.1. The Balaban J connectivity index is 2.07. The molecule has 1 aromatic carbocycles. The van der Waals surface area contributed by atoms with Gasteiger partial charge in [-0.2, -0.15) is 0 Å². The second-order valence-electron chi connectivity index (χ2n) is 4.64. The molecule has 0 saturated heterocycles. The molecule has 114 valence electrons. The Kier molecular flexibility index (Phi) is 5.05. The van der Waals surface area contributed by atoms with Gasteiger partial charge < -0.3 is 9.88 Å². The summed E-state index contributed by atoms with van der Waals surface area (Å²) in [5.41, 5.74) is 0.742. The van der Waals surface area contributed by atoms with Gasteiger partial charge in [-0.15, -0.1) is 10.2 Å². The molecule has 1 aromatic heterocycles. The normalized spacial score (nSPS) is 11.7. The van der Waals surface area contributed by atoms with Crippen LogP contribution in [0.2, 0.25) is 0 Å². The van der Waals surface area contributed by atoms with Crippen molar-refractivity contribution in [2.45, 2.75) is 17.9 Å². The van der Waals surface area contributed by atoms with Crippen molar-refractivity contribution in [3.05, 3.63) is 42.0 Å². The molecule has 2 aromatic rings. The molecule has 0 amide bonds. The largest absolute Gasteiger partial charge is 0.321 e. The second-order valence-corrected chi connectivity index (χ2v) is 6.38. The maximum Gasteiger partial charge on any atom is 0.240 e. The summed E-state index contributed by atoms with van der Waals surface area (Å²) in [4.78, 5) is 0.303. The lowest BCUT2D eigenvalue weighted by Gasteiger charge is -2.11. The molecule has 8 heteroatoms. The summed E-state index contributed by atoms with van der Waals surface area (Å²) in [5, 5.41) is 10.7. The van der Waals surface area contributed by atoms with Crippen LogP contribution in [0.5, 0.6) is 0 Å². The molecule has 7 nitrogen and oxygen atoms in total. The Morgan fingerprint density at radius 1 is 1.29 bits per heavy atom. The van der Waals surface area contributed by atoms with E-state index < -0.39 is 10.0 Å². The minimum Gasteiger partial charge on any atom is -0.321 e. The first-order chi connectivity index (χ1) is 10.0. The number of nitrogens with one attached hydrogen (secondary N) is 2. The number of benzene rings is 1. The number of hydrogen-bond donors (Lipinski definition) is 2. The van der Waals surface area contributed by atoms with E-state index in [4.69, 9.17) is 0 Å². The molecule has 0 saturated carbocycles. The number of aryl methyl sites for hydroxylation is 1. The SMILES string of the molecule is CNCc1ccccc1S(=O)(=O)NCCc1nncn1C. The van der Waals surface area contributed by atoms with Gasteiger partial charge in [-0.25, -0.2) is 13.1 Å². The van der Waals surface area contributed by atoms with Crippen LogP contribution in [0.15, 0.2) is 35.5 Å². The minimum atomic E-state index is -3.53. The summed E-state index contributed by atoms with van der Waals surface area (Å²) < 4.78 is 29.1. The first-order valence-electron chi connectivity index (χ1n) is 6.59. The van der Waals surface area contributed by atoms with Gasteiger partial charge in [0, 0.05) is 26.6 Å². The van der Waals surface area contributed by atoms with E-state index in [1.807, 2.05) is 13.1 Å². The topological polar surface area (TPSA) is 88.9 Å². The van der Waals surface area contributed by atoms with Gasteiger partial charge in [0.2, 0.25) is 10.0 Å². The van der Waals surface area contributed by atoms with Crippen LogP contribution in [-0.2, 0) is 30.0 Å². The number of nitrogens with zero attached hydrogens (tertiary/aromatic N) is 3. The average Bonchev–Trinajstić information content (AvgIpc) is 2.85. The third-order valence-electron chi connectivity index (χ3n) is 3.08. The number of sulfonamides is 1. The lowest BCUT2D eigenvalue weighted by molar-refractivity contribution is 0.578. The first-order valence-corrected chi connectivity index (χ1v) is 8.08. The molecule has 0 aliphatic rings. The summed E-state index contributed by atoms with van der Waals surface area (Å²) in [6.45, 7) is 0.781. The highest BCUT2D eigenvalue weighted by molar-refractivity contribution is 7.89. The van der Waals surface area contributed by atoms with Crippen molar-refractivity contribution in [3.63, 3.8) is 0 Å². The van der Waals surface area contributed by atoms with E-state index in [1.165, 1.54) is 0 Å². The number of aromatic nitrogens is 3. The average molecular weight is 309 g/mol. The molecular weight excluding hydrogens is 290 g/mol. The maximum absolute atomic E-state index is 12.4. The van der Waals surface area contributed by atoms with Crippen LogP contribution in [0.25, 0.3) is 0 Å². The van der Waals surface area contributed by atoms with Gasteiger partial charge in [0.05, 0.1) is 4.90 Å². The standard InChI is InChI=1S/C13H19N5O2S/c1-14-9-11-5-3-4-6-12(11)21(19,20)16-8-7-13-17-15-10-18(13)2/h3-6,10,14,16H,7-9H2,1-2H3. The Morgan fingerprint density at radius 2 is 2.05 bits per heavy atom. The van der Waals surface area contributed by atoms with Crippen LogP contribution in [0, 0.1) is 0 Å². The maximum atomic E-state index is 12.4. The van der Waals surface area contributed by atoms with E-state index in [-0.39, 0.29) is 6.54 Å². The zero-order chi connectivity index (χ0) is 15.3. The second kappa shape index (κ2) is 6.79. The van der Waals surface area contributed by atoms with Gasteiger partial charge in [0.1, 0.15) is 12.2 Å². The lowest BCUT2D eigenvalue weighted by Crippen LogP contribution is -2.28. The fourth-order valence-electron chi connectivity index (χ4n) is 2.01. The van der Waals surface area contributed by atoms with Crippen LogP contribution >= 0.6 is 0 Å². The van der Waals surface area contributed by atoms with Crippen molar-refractivity contribution in [2.24, 2.45) is 7.05 Å². The fourth-order valence-corrected chi connectivity index (χ4v) is 3.28. The molecule has 2 N–H and O–H groups in total. The summed E-state index contributed by atoms with van der Waals surface area (Å²) in [5.74, 6) is 0.737. The van der Waals surface area contributed by atoms with E-state index in [9.17, 15) is 8.42 Å². The highest BCUT2D eigenvalue weighted by Gasteiger charge is 2.17. The lowest BCUT2D eigenvalue weighted by atomic mass is 10.2. The predicted molar refractivity (Wildman–Crippen MR) is 79.1 cm³/mol. The van der Waals surface area contributed by atoms with E-state index in [0.29, 0.717) is 17.9 Å². The quantitative estimate of drug-likeness (QED) is 0.755. The van der Waals surface area contributed by atoms with Gasteiger partial charge in [0.25, 0.3) is 0 Å². The third-order valence-corrected chi connectivity index (χ3v) is 4.64. The summed E-state index contributed by atoms with van der Waals surface area (Å²) in [6.07, 6.45) is 2.08. The van der Waals surface area contributed by atoms with Crippen molar-refractivity contribution in [2.75, 3.05) is 13.6 Å². The van der Waals surface area contributed by atoms with Crippen molar-refractivity contribution in [3.8, 4) is 0 Å². The molecule has 0 radical (unpaired) electrons. The molecule has 1 heterocycles. The van der Waals surface area contributed by atoms with Crippen molar-refractivity contribution in [1.29, 1.82) is 0 Å². The van der Waals surface area contributed by atoms with Crippen molar-refractivity contribution >= 4 is 10.0 Å². The van der Waals surface area contributed by atoms with Crippen LogP contribution in [0.3, 0.4) is 0 Å². The molecule has 0 spiro atoms. The van der Waals surface area contributed by atoms with Crippen LogP contribution in [0.1, 0.15) is 11.4 Å². The van der Waals surface area contributed by atoms with Crippen LogP contribution in [0.4, 0.5) is 0 Å². The fraction of sp³-hybridized carbons (Fsp3) is 0.385. The molecule has 21 heavy (non-hydrogen) atoms. The third kappa shape index (κ3) is 3.87. The van der Waals surface area contributed by atoms with Crippen molar-refractivity contribution in [1.82, 2.24) is 24.8 Å². The molecule has 2 rings (SSSR count). The smallest absolute Gasteiger partial charge is 0.240 e. The first kappa shape index (κ1) is 15.6. The summed E-state index contributed by atoms with van der Waals surface area (Å²) in [6, 6.07) is 6.95.